The van der Waals surface area contributed by atoms with Crippen molar-refractivity contribution in [2.45, 2.75) is 33.0 Å². The van der Waals surface area contributed by atoms with Crippen molar-refractivity contribution in [3.63, 3.8) is 0 Å². The SMILES string of the molecule is CC(C)CCn1ccnc1C#Cc1ccc(N2CCN(C(=O)c3ccccc3C(F)(F)F)CC2)nc1. The van der Waals surface area contributed by atoms with Crippen LogP contribution in [0.2, 0.25) is 0 Å². The van der Waals surface area contributed by atoms with Gasteiger partial charge in [-0.25, -0.2) is 9.97 Å². The number of halogens is 3. The van der Waals surface area contributed by atoms with E-state index in [4.69, 9.17) is 0 Å². The molecule has 1 aliphatic rings. The lowest BCUT2D eigenvalue weighted by Gasteiger charge is -2.35. The van der Waals surface area contributed by atoms with Gasteiger partial charge in [0.25, 0.3) is 5.91 Å². The van der Waals surface area contributed by atoms with Gasteiger partial charge in [0.1, 0.15) is 5.82 Å². The van der Waals surface area contributed by atoms with Crippen LogP contribution in [-0.4, -0.2) is 51.5 Å². The number of anilines is 1. The Bertz CT molecular complexity index is 1250. The predicted octanol–water partition coefficient (Wildman–Crippen LogP) is 4.71. The first kappa shape index (κ1) is 25.3. The maximum Gasteiger partial charge on any atom is 0.417 e. The zero-order valence-corrected chi connectivity index (χ0v) is 20.3. The molecule has 1 fully saturated rings. The molecule has 3 heterocycles. The molecule has 1 aliphatic heterocycles. The molecule has 0 unspecified atom stereocenters. The topological polar surface area (TPSA) is 54.3 Å². The van der Waals surface area contributed by atoms with Crippen molar-refractivity contribution >= 4 is 11.7 Å². The Morgan fingerprint density at radius 1 is 1.03 bits per heavy atom. The van der Waals surface area contributed by atoms with Gasteiger partial charge in [0, 0.05) is 56.9 Å². The van der Waals surface area contributed by atoms with Gasteiger partial charge in [-0.15, -0.1) is 0 Å². The lowest BCUT2D eigenvalue weighted by Crippen LogP contribution is -2.49. The summed E-state index contributed by atoms with van der Waals surface area (Å²) in [6.07, 6.45) is 1.85. The third-order valence-electron chi connectivity index (χ3n) is 6.08. The van der Waals surface area contributed by atoms with Crippen LogP contribution >= 0.6 is 0 Å². The molecule has 2 aromatic heterocycles. The molecule has 0 bridgehead atoms. The molecule has 36 heavy (non-hydrogen) atoms. The summed E-state index contributed by atoms with van der Waals surface area (Å²) in [4.78, 5) is 25.1. The standard InChI is InChI=1S/C27H28F3N5O/c1-20(2)11-13-33-14-12-31-24(33)9-7-21-8-10-25(32-19-21)34-15-17-35(18-16-34)26(36)22-5-3-4-6-23(22)27(28,29)30/h3-6,8,10,12,14,19-20H,11,13,15-18H2,1-2H3. The molecule has 0 N–H and O–H groups in total. The number of pyridine rings is 1. The number of amides is 1. The smallest absolute Gasteiger partial charge is 0.353 e. The van der Waals surface area contributed by atoms with Gasteiger partial charge in [0.2, 0.25) is 0 Å². The lowest BCUT2D eigenvalue weighted by atomic mass is 10.1. The van der Waals surface area contributed by atoms with E-state index in [1.54, 1.807) is 12.4 Å². The summed E-state index contributed by atoms with van der Waals surface area (Å²) >= 11 is 0. The Morgan fingerprint density at radius 2 is 1.78 bits per heavy atom. The van der Waals surface area contributed by atoms with Crippen LogP contribution in [0, 0.1) is 17.8 Å². The van der Waals surface area contributed by atoms with Gasteiger partial charge < -0.3 is 14.4 Å². The van der Waals surface area contributed by atoms with E-state index in [1.165, 1.54) is 23.1 Å². The van der Waals surface area contributed by atoms with Gasteiger partial charge in [-0.2, -0.15) is 13.2 Å². The van der Waals surface area contributed by atoms with Crippen LogP contribution in [0.4, 0.5) is 19.0 Å². The van der Waals surface area contributed by atoms with Crippen molar-refractivity contribution in [1.82, 2.24) is 19.4 Å². The highest BCUT2D eigenvalue weighted by Crippen LogP contribution is 2.32. The third-order valence-corrected chi connectivity index (χ3v) is 6.08. The highest BCUT2D eigenvalue weighted by Gasteiger charge is 2.36. The van der Waals surface area contributed by atoms with Crippen molar-refractivity contribution in [3.8, 4) is 11.8 Å². The minimum absolute atomic E-state index is 0.313. The second-order valence-electron chi connectivity index (χ2n) is 9.10. The van der Waals surface area contributed by atoms with Crippen LogP contribution in [0.1, 0.15) is 47.6 Å². The number of hydrogen-bond donors (Lipinski definition) is 0. The summed E-state index contributed by atoms with van der Waals surface area (Å²) in [7, 11) is 0. The summed E-state index contributed by atoms with van der Waals surface area (Å²) in [5.41, 5.74) is -0.461. The van der Waals surface area contributed by atoms with Crippen LogP contribution in [0.15, 0.2) is 55.0 Å². The maximum atomic E-state index is 13.3. The molecule has 1 saturated heterocycles. The Labute approximate surface area is 208 Å². The van der Waals surface area contributed by atoms with E-state index >= 15 is 0 Å². The predicted molar refractivity (Wildman–Crippen MR) is 131 cm³/mol. The minimum atomic E-state index is -4.57. The first-order chi connectivity index (χ1) is 17.2. The molecule has 4 rings (SSSR count). The number of aromatic nitrogens is 3. The molecule has 0 spiro atoms. The van der Waals surface area contributed by atoms with Gasteiger partial charge in [0.15, 0.2) is 5.82 Å². The first-order valence-corrected chi connectivity index (χ1v) is 11.9. The second-order valence-corrected chi connectivity index (χ2v) is 9.10. The van der Waals surface area contributed by atoms with Gasteiger partial charge in [-0.3, -0.25) is 4.79 Å². The van der Waals surface area contributed by atoms with Crippen molar-refractivity contribution in [3.05, 3.63) is 77.5 Å². The Balaban J connectivity index is 1.36. The van der Waals surface area contributed by atoms with Gasteiger partial charge in [0.05, 0.1) is 11.1 Å². The normalized spacial score (nSPS) is 14.1. The summed E-state index contributed by atoms with van der Waals surface area (Å²) in [5, 5.41) is 0. The lowest BCUT2D eigenvalue weighted by molar-refractivity contribution is -0.138. The number of imidazole rings is 1. The van der Waals surface area contributed by atoms with Crippen molar-refractivity contribution < 1.29 is 18.0 Å². The summed E-state index contributed by atoms with van der Waals surface area (Å²) in [6.45, 7) is 6.81. The van der Waals surface area contributed by atoms with E-state index in [0.29, 0.717) is 37.9 Å². The highest BCUT2D eigenvalue weighted by molar-refractivity contribution is 5.96. The van der Waals surface area contributed by atoms with Crippen LogP contribution in [0.5, 0.6) is 0 Å². The van der Waals surface area contributed by atoms with Crippen molar-refractivity contribution in [1.29, 1.82) is 0 Å². The molecule has 6 nitrogen and oxygen atoms in total. The third kappa shape index (κ3) is 6.06. The fourth-order valence-electron chi connectivity index (χ4n) is 4.01. The molecule has 0 aliphatic carbocycles. The summed E-state index contributed by atoms with van der Waals surface area (Å²) in [5.74, 6) is 7.66. The zero-order chi connectivity index (χ0) is 25.7. The number of nitrogens with zero attached hydrogens (tertiary/aromatic N) is 5. The van der Waals surface area contributed by atoms with E-state index in [0.717, 1.165) is 30.4 Å². The molecular weight excluding hydrogens is 467 g/mol. The number of hydrogen-bond acceptors (Lipinski definition) is 4. The Kier molecular flexibility index (Phi) is 7.63. The largest absolute Gasteiger partial charge is 0.417 e. The molecule has 0 radical (unpaired) electrons. The number of rotatable bonds is 5. The number of benzene rings is 1. The Hall–Kier alpha value is -3.80. The summed E-state index contributed by atoms with van der Waals surface area (Å²) < 4.78 is 42.0. The molecule has 3 aromatic rings. The number of carbonyl (C=O) groups is 1. The summed E-state index contributed by atoms with van der Waals surface area (Å²) in [6, 6.07) is 8.66. The van der Waals surface area contributed by atoms with E-state index in [1.807, 2.05) is 27.8 Å². The molecule has 0 saturated carbocycles. The van der Waals surface area contributed by atoms with E-state index in [-0.39, 0.29) is 5.56 Å². The molecular formula is C27H28F3N5O. The maximum absolute atomic E-state index is 13.3. The number of alkyl halides is 3. The molecule has 0 atom stereocenters. The molecule has 1 amide bonds. The van der Waals surface area contributed by atoms with Crippen LogP contribution in [0.25, 0.3) is 0 Å². The molecule has 9 heteroatoms. The quantitative estimate of drug-likeness (QED) is 0.482. The van der Waals surface area contributed by atoms with Crippen molar-refractivity contribution in [2.75, 3.05) is 31.1 Å². The van der Waals surface area contributed by atoms with Crippen LogP contribution in [-0.2, 0) is 12.7 Å². The average molecular weight is 496 g/mol. The van der Waals surface area contributed by atoms with E-state index in [9.17, 15) is 18.0 Å². The van der Waals surface area contributed by atoms with E-state index in [2.05, 4.69) is 35.7 Å². The minimum Gasteiger partial charge on any atom is -0.353 e. The van der Waals surface area contributed by atoms with Crippen molar-refractivity contribution in [2.24, 2.45) is 5.92 Å². The number of aryl methyl sites for hydroxylation is 1. The van der Waals surface area contributed by atoms with Gasteiger partial charge in [-0.1, -0.05) is 31.9 Å². The van der Waals surface area contributed by atoms with Gasteiger partial charge in [-0.05, 0) is 42.5 Å². The fraction of sp³-hybridized carbons (Fsp3) is 0.370. The first-order valence-electron chi connectivity index (χ1n) is 11.9. The fourth-order valence-corrected chi connectivity index (χ4v) is 4.01. The van der Waals surface area contributed by atoms with Gasteiger partial charge >= 0.3 is 6.18 Å². The molecule has 1 aromatic carbocycles. The number of carbonyl (C=O) groups excluding carboxylic acids is 1. The zero-order valence-electron chi connectivity index (χ0n) is 20.3. The monoisotopic (exact) mass is 495 g/mol. The van der Waals surface area contributed by atoms with E-state index < -0.39 is 17.6 Å². The highest BCUT2D eigenvalue weighted by atomic mass is 19.4. The van der Waals surface area contributed by atoms with Crippen LogP contribution in [0.3, 0.4) is 0 Å². The number of piperazine rings is 1. The Morgan fingerprint density at radius 3 is 2.44 bits per heavy atom. The van der Waals surface area contributed by atoms with Crippen LogP contribution < -0.4 is 4.90 Å². The average Bonchev–Trinajstić information content (AvgIpc) is 3.33. The second kappa shape index (κ2) is 10.9. The molecule has 188 valence electrons.